The molecule has 0 saturated heterocycles. The van der Waals surface area contributed by atoms with E-state index in [1.165, 1.54) is 0 Å². The summed E-state index contributed by atoms with van der Waals surface area (Å²) in [5.74, 6) is -0.417. The van der Waals surface area contributed by atoms with Gasteiger partial charge in [-0.1, -0.05) is 35.0 Å². The van der Waals surface area contributed by atoms with Gasteiger partial charge >= 0.3 is 11.9 Å². The maximum Gasteiger partial charge on any atom is 0.397 e. The Kier molecular flexibility index (Phi) is 4.60. The molecule has 0 spiro atoms. The number of nitrogens with zero attached hydrogens (tertiary/aromatic N) is 4. The molecule has 0 atom stereocenters. The Balaban J connectivity index is 1.75. The van der Waals surface area contributed by atoms with Crippen molar-refractivity contribution in [1.82, 2.24) is 19.5 Å². The van der Waals surface area contributed by atoms with Gasteiger partial charge in [-0.3, -0.25) is 0 Å². The van der Waals surface area contributed by atoms with Crippen LogP contribution in [0.4, 0.5) is 0 Å². The Labute approximate surface area is 159 Å². The SMILES string of the molecule is CCOC(=O)c1nc(Cc2c(-c3ccc(Cl)cc3)nc3ccccn23)no1. The smallest absolute Gasteiger partial charge is 0.397 e. The molecule has 0 bridgehead atoms. The number of esters is 1. The highest BCUT2D eigenvalue weighted by Gasteiger charge is 2.20. The number of fused-ring (bicyclic) bond motifs is 1. The topological polar surface area (TPSA) is 82.5 Å². The van der Waals surface area contributed by atoms with E-state index in [9.17, 15) is 4.79 Å². The Hall–Kier alpha value is -3.19. The van der Waals surface area contributed by atoms with Gasteiger partial charge in [0, 0.05) is 16.8 Å². The van der Waals surface area contributed by atoms with Gasteiger partial charge in [0.2, 0.25) is 0 Å². The summed E-state index contributed by atoms with van der Waals surface area (Å²) in [6, 6.07) is 13.2. The Morgan fingerprint density at radius 3 is 2.78 bits per heavy atom. The molecule has 4 rings (SSSR count). The minimum absolute atomic E-state index is 0.159. The van der Waals surface area contributed by atoms with Crippen molar-refractivity contribution >= 4 is 23.2 Å². The molecule has 3 aromatic heterocycles. The average molecular weight is 383 g/mol. The van der Waals surface area contributed by atoms with E-state index in [1.54, 1.807) is 6.92 Å². The molecule has 8 heteroatoms. The predicted molar refractivity (Wildman–Crippen MR) is 98.7 cm³/mol. The lowest BCUT2D eigenvalue weighted by atomic mass is 10.1. The Morgan fingerprint density at radius 1 is 1.19 bits per heavy atom. The van der Waals surface area contributed by atoms with Gasteiger partial charge in [-0.2, -0.15) is 4.98 Å². The molecule has 136 valence electrons. The molecule has 0 fully saturated rings. The highest BCUT2D eigenvalue weighted by Crippen LogP contribution is 2.27. The number of rotatable bonds is 5. The van der Waals surface area contributed by atoms with E-state index in [1.807, 2.05) is 53.1 Å². The number of aromatic nitrogens is 4. The molecule has 7 nitrogen and oxygen atoms in total. The number of benzene rings is 1. The first-order valence-electron chi connectivity index (χ1n) is 8.37. The Bertz CT molecular complexity index is 1100. The quantitative estimate of drug-likeness (QED) is 0.488. The van der Waals surface area contributed by atoms with Crippen molar-refractivity contribution in [2.75, 3.05) is 6.61 Å². The minimum Gasteiger partial charge on any atom is -0.459 e. The van der Waals surface area contributed by atoms with Crippen molar-refractivity contribution in [2.45, 2.75) is 13.3 Å². The van der Waals surface area contributed by atoms with Crippen molar-refractivity contribution in [3.05, 3.63) is 71.1 Å². The summed E-state index contributed by atoms with van der Waals surface area (Å²) in [7, 11) is 0. The van der Waals surface area contributed by atoms with E-state index >= 15 is 0 Å². The van der Waals surface area contributed by atoms with E-state index in [4.69, 9.17) is 25.8 Å². The molecule has 0 radical (unpaired) electrons. The van der Waals surface area contributed by atoms with Gasteiger partial charge in [0.15, 0.2) is 5.82 Å². The van der Waals surface area contributed by atoms with Crippen LogP contribution in [0.25, 0.3) is 16.9 Å². The lowest BCUT2D eigenvalue weighted by Crippen LogP contribution is -2.05. The van der Waals surface area contributed by atoms with E-state index in [-0.39, 0.29) is 12.5 Å². The van der Waals surface area contributed by atoms with Crippen molar-refractivity contribution < 1.29 is 14.1 Å². The molecule has 27 heavy (non-hydrogen) atoms. The van der Waals surface area contributed by atoms with E-state index in [2.05, 4.69) is 10.1 Å². The summed E-state index contributed by atoms with van der Waals surface area (Å²) in [6.07, 6.45) is 2.26. The van der Waals surface area contributed by atoms with Gasteiger partial charge in [-0.25, -0.2) is 9.78 Å². The molecule has 0 N–H and O–H groups in total. The fourth-order valence-electron chi connectivity index (χ4n) is 2.81. The van der Waals surface area contributed by atoms with Crippen LogP contribution in [-0.2, 0) is 11.2 Å². The van der Waals surface area contributed by atoms with E-state index in [0.29, 0.717) is 17.3 Å². The van der Waals surface area contributed by atoms with Crippen LogP contribution in [0.3, 0.4) is 0 Å². The molecule has 4 aromatic rings. The number of carbonyl (C=O) groups is 1. The van der Waals surface area contributed by atoms with Gasteiger partial charge in [-0.05, 0) is 31.2 Å². The van der Waals surface area contributed by atoms with Crippen molar-refractivity contribution in [3.63, 3.8) is 0 Å². The fourth-order valence-corrected chi connectivity index (χ4v) is 2.93. The molecular formula is C19H15ClN4O3. The number of halogens is 1. The van der Waals surface area contributed by atoms with Gasteiger partial charge in [0.1, 0.15) is 5.65 Å². The maximum atomic E-state index is 11.7. The standard InChI is InChI=1S/C19H15ClN4O3/c1-2-26-19(25)18-21-15(23-27-18)11-14-17(12-6-8-13(20)9-7-12)22-16-5-3-4-10-24(14)16/h3-10H,2,11H2,1H3. The normalized spacial score (nSPS) is 11.0. The lowest BCUT2D eigenvalue weighted by Gasteiger charge is -2.03. The largest absolute Gasteiger partial charge is 0.459 e. The molecule has 0 aliphatic rings. The molecule has 1 aromatic carbocycles. The Morgan fingerprint density at radius 2 is 2.00 bits per heavy atom. The second kappa shape index (κ2) is 7.20. The highest BCUT2D eigenvalue weighted by molar-refractivity contribution is 6.30. The predicted octanol–water partition coefficient (Wildman–Crippen LogP) is 3.81. The van der Waals surface area contributed by atoms with E-state index in [0.717, 1.165) is 22.6 Å². The molecule has 0 saturated carbocycles. The fraction of sp³-hybridized carbons (Fsp3) is 0.158. The zero-order valence-corrected chi connectivity index (χ0v) is 15.2. The van der Waals surface area contributed by atoms with Crippen LogP contribution >= 0.6 is 11.6 Å². The first-order chi connectivity index (χ1) is 13.2. The average Bonchev–Trinajstić information content (AvgIpc) is 3.28. The van der Waals surface area contributed by atoms with Crippen LogP contribution in [0.1, 0.15) is 29.1 Å². The highest BCUT2D eigenvalue weighted by atomic mass is 35.5. The summed E-state index contributed by atoms with van der Waals surface area (Å²) < 4.78 is 11.9. The third kappa shape index (κ3) is 3.41. The van der Waals surface area contributed by atoms with Gasteiger partial charge < -0.3 is 13.7 Å². The first-order valence-corrected chi connectivity index (χ1v) is 8.75. The number of hydrogen-bond acceptors (Lipinski definition) is 6. The van der Waals surface area contributed by atoms with Gasteiger partial charge in [-0.15, -0.1) is 0 Å². The second-order valence-electron chi connectivity index (χ2n) is 5.76. The van der Waals surface area contributed by atoms with Crippen LogP contribution in [0.2, 0.25) is 5.02 Å². The van der Waals surface area contributed by atoms with Crippen molar-refractivity contribution in [2.24, 2.45) is 0 Å². The molecule has 0 aliphatic carbocycles. The first kappa shape index (κ1) is 17.2. The monoisotopic (exact) mass is 382 g/mol. The zero-order chi connectivity index (χ0) is 18.8. The molecule has 0 aliphatic heterocycles. The summed E-state index contributed by atoms with van der Waals surface area (Å²) in [5.41, 5.74) is 3.39. The van der Waals surface area contributed by atoms with E-state index < -0.39 is 5.97 Å². The van der Waals surface area contributed by atoms with Crippen LogP contribution in [-0.4, -0.2) is 32.1 Å². The number of ether oxygens (including phenoxy) is 1. The van der Waals surface area contributed by atoms with Crippen molar-refractivity contribution in [3.8, 4) is 11.3 Å². The third-order valence-corrected chi connectivity index (χ3v) is 4.24. The summed E-state index contributed by atoms with van der Waals surface area (Å²) in [4.78, 5) is 20.6. The molecule has 0 unspecified atom stereocenters. The zero-order valence-electron chi connectivity index (χ0n) is 14.4. The second-order valence-corrected chi connectivity index (χ2v) is 6.19. The number of carbonyl (C=O) groups excluding carboxylic acids is 1. The van der Waals surface area contributed by atoms with Gasteiger partial charge in [0.25, 0.3) is 0 Å². The van der Waals surface area contributed by atoms with Crippen LogP contribution in [0, 0.1) is 0 Å². The van der Waals surface area contributed by atoms with Gasteiger partial charge in [0.05, 0.1) is 24.4 Å². The summed E-state index contributed by atoms with van der Waals surface area (Å²) >= 11 is 6.00. The maximum absolute atomic E-state index is 11.7. The number of hydrogen-bond donors (Lipinski definition) is 0. The summed E-state index contributed by atoms with van der Waals surface area (Å²) in [6.45, 7) is 1.95. The lowest BCUT2D eigenvalue weighted by molar-refractivity contribution is 0.0470. The summed E-state index contributed by atoms with van der Waals surface area (Å²) in [5, 5.41) is 4.55. The third-order valence-electron chi connectivity index (χ3n) is 3.99. The number of imidazole rings is 1. The van der Waals surface area contributed by atoms with Crippen LogP contribution in [0.15, 0.2) is 53.2 Å². The van der Waals surface area contributed by atoms with Crippen molar-refractivity contribution in [1.29, 1.82) is 0 Å². The van der Waals surface area contributed by atoms with Crippen LogP contribution in [0.5, 0.6) is 0 Å². The van der Waals surface area contributed by atoms with Crippen LogP contribution < -0.4 is 0 Å². The number of pyridine rings is 1. The molecule has 3 heterocycles. The molecule has 0 amide bonds. The molecular weight excluding hydrogens is 368 g/mol. The minimum atomic E-state index is -0.632.